The number of rotatable bonds is 4. The number of alkyl halides is 3. The molecule has 0 aliphatic rings. The van der Waals surface area contributed by atoms with E-state index in [1.807, 2.05) is 0 Å². The molecule has 0 saturated heterocycles. The largest absolute Gasteiger partial charge is 0.496 e. The van der Waals surface area contributed by atoms with Gasteiger partial charge < -0.3 is 9.30 Å². The highest BCUT2D eigenvalue weighted by atomic mass is 35.5. The number of nitrogens with zero attached hydrogens (tertiary/aromatic N) is 1. The van der Waals surface area contributed by atoms with Crippen LogP contribution < -0.4 is 10.3 Å². The van der Waals surface area contributed by atoms with Crippen LogP contribution in [-0.4, -0.2) is 17.5 Å². The molecule has 2 rings (SSSR count). The summed E-state index contributed by atoms with van der Waals surface area (Å²) < 4.78 is 44.2. The van der Waals surface area contributed by atoms with Crippen LogP contribution in [0.5, 0.6) is 5.75 Å². The SMILES string of the molecule is COc1ccc(C)cc1C(=O)Cn1cc(C(F)(F)F)cc(Cl)c1=O. The summed E-state index contributed by atoms with van der Waals surface area (Å²) in [5.74, 6) is -0.287. The fourth-order valence-electron chi connectivity index (χ4n) is 2.15. The van der Waals surface area contributed by atoms with Crippen LogP contribution in [0.3, 0.4) is 0 Å². The molecular formula is C16H13ClF3NO3. The van der Waals surface area contributed by atoms with Crippen LogP contribution in [0.2, 0.25) is 5.02 Å². The molecule has 4 nitrogen and oxygen atoms in total. The molecular weight excluding hydrogens is 347 g/mol. The van der Waals surface area contributed by atoms with E-state index >= 15 is 0 Å². The zero-order chi connectivity index (χ0) is 18.1. The quantitative estimate of drug-likeness (QED) is 0.782. The van der Waals surface area contributed by atoms with Gasteiger partial charge >= 0.3 is 6.18 Å². The van der Waals surface area contributed by atoms with Crippen molar-refractivity contribution in [1.29, 1.82) is 0 Å². The molecule has 0 unspecified atom stereocenters. The Balaban J connectivity index is 2.45. The number of carbonyl (C=O) groups excluding carboxylic acids is 1. The maximum Gasteiger partial charge on any atom is 0.417 e. The Labute approximate surface area is 140 Å². The lowest BCUT2D eigenvalue weighted by Crippen LogP contribution is -2.26. The van der Waals surface area contributed by atoms with Gasteiger partial charge in [0.2, 0.25) is 0 Å². The third kappa shape index (κ3) is 3.79. The number of hydrogen-bond donors (Lipinski definition) is 0. The molecule has 0 atom stereocenters. The highest BCUT2D eigenvalue weighted by Gasteiger charge is 2.32. The van der Waals surface area contributed by atoms with Gasteiger partial charge in [-0.15, -0.1) is 0 Å². The van der Waals surface area contributed by atoms with Crippen molar-refractivity contribution in [2.45, 2.75) is 19.6 Å². The summed E-state index contributed by atoms with van der Waals surface area (Å²) in [5.41, 5.74) is -1.02. The molecule has 1 aromatic carbocycles. The maximum atomic E-state index is 12.8. The van der Waals surface area contributed by atoms with E-state index in [-0.39, 0.29) is 11.3 Å². The van der Waals surface area contributed by atoms with Crippen LogP contribution in [0, 0.1) is 6.92 Å². The number of methoxy groups -OCH3 is 1. The molecule has 0 spiro atoms. The van der Waals surface area contributed by atoms with Crippen LogP contribution in [0.4, 0.5) is 13.2 Å². The molecule has 0 saturated carbocycles. The first-order chi connectivity index (χ1) is 11.1. The zero-order valence-electron chi connectivity index (χ0n) is 12.8. The normalized spacial score (nSPS) is 11.4. The molecule has 0 N–H and O–H groups in total. The van der Waals surface area contributed by atoms with Gasteiger partial charge in [0.25, 0.3) is 5.56 Å². The van der Waals surface area contributed by atoms with E-state index in [1.54, 1.807) is 25.1 Å². The summed E-state index contributed by atoms with van der Waals surface area (Å²) in [6.45, 7) is 1.17. The summed E-state index contributed by atoms with van der Waals surface area (Å²) in [7, 11) is 1.37. The van der Waals surface area contributed by atoms with Crippen molar-refractivity contribution in [3.63, 3.8) is 0 Å². The second-order valence-corrected chi connectivity index (χ2v) is 5.54. The topological polar surface area (TPSA) is 48.3 Å². The van der Waals surface area contributed by atoms with E-state index in [4.69, 9.17) is 16.3 Å². The molecule has 2 aromatic rings. The van der Waals surface area contributed by atoms with Crippen LogP contribution in [0.15, 0.2) is 35.3 Å². The highest BCUT2D eigenvalue weighted by molar-refractivity contribution is 6.30. The summed E-state index contributed by atoms with van der Waals surface area (Å²) in [6.07, 6.45) is -4.10. The first-order valence-electron chi connectivity index (χ1n) is 6.78. The number of hydrogen-bond acceptors (Lipinski definition) is 3. The van der Waals surface area contributed by atoms with Gasteiger partial charge in [-0.2, -0.15) is 13.2 Å². The van der Waals surface area contributed by atoms with Gasteiger partial charge in [0.1, 0.15) is 10.8 Å². The molecule has 0 fully saturated rings. The van der Waals surface area contributed by atoms with E-state index in [0.29, 0.717) is 16.8 Å². The lowest BCUT2D eigenvalue weighted by atomic mass is 10.1. The number of halogens is 4. The lowest BCUT2D eigenvalue weighted by Gasteiger charge is -2.13. The van der Waals surface area contributed by atoms with Crippen molar-refractivity contribution in [1.82, 2.24) is 4.57 Å². The number of ether oxygens (including phenoxy) is 1. The van der Waals surface area contributed by atoms with E-state index in [9.17, 15) is 22.8 Å². The van der Waals surface area contributed by atoms with Crippen LogP contribution in [0.25, 0.3) is 0 Å². The number of pyridine rings is 1. The number of aromatic nitrogens is 1. The second kappa shape index (κ2) is 6.68. The summed E-state index contributed by atoms with van der Waals surface area (Å²) >= 11 is 5.57. The number of ketones is 1. The summed E-state index contributed by atoms with van der Waals surface area (Å²) in [4.78, 5) is 24.3. The molecule has 0 aliphatic heterocycles. The Kier molecular flexibility index (Phi) is 5.03. The Bertz CT molecular complexity index is 843. The number of Topliss-reactive ketones (excluding diaryl/α,β-unsaturated/α-hetero) is 1. The molecule has 8 heteroatoms. The number of aryl methyl sites for hydroxylation is 1. The van der Waals surface area contributed by atoms with E-state index in [2.05, 4.69) is 0 Å². The van der Waals surface area contributed by atoms with Gasteiger partial charge in [0.05, 0.1) is 24.8 Å². The van der Waals surface area contributed by atoms with E-state index < -0.39 is 34.6 Å². The zero-order valence-corrected chi connectivity index (χ0v) is 13.5. The Morgan fingerprint density at radius 1 is 1.29 bits per heavy atom. The Morgan fingerprint density at radius 3 is 2.54 bits per heavy atom. The van der Waals surface area contributed by atoms with Crippen LogP contribution in [0.1, 0.15) is 21.5 Å². The van der Waals surface area contributed by atoms with Gasteiger partial charge in [0, 0.05) is 6.20 Å². The third-order valence-electron chi connectivity index (χ3n) is 3.34. The van der Waals surface area contributed by atoms with Crippen LogP contribution >= 0.6 is 11.6 Å². The Hall–Kier alpha value is -2.28. The molecule has 128 valence electrons. The fourth-order valence-corrected chi connectivity index (χ4v) is 2.38. The van der Waals surface area contributed by atoms with Crippen molar-refractivity contribution in [3.05, 3.63) is 62.5 Å². The number of benzene rings is 1. The molecule has 24 heavy (non-hydrogen) atoms. The predicted molar refractivity (Wildman–Crippen MR) is 82.8 cm³/mol. The van der Waals surface area contributed by atoms with Crippen molar-refractivity contribution in [2.75, 3.05) is 7.11 Å². The van der Waals surface area contributed by atoms with E-state index in [0.717, 1.165) is 5.56 Å². The second-order valence-electron chi connectivity index (χ2n) is 5.13. The van der Waals surface area contributed by atoms with E-state index in [1.165, 1.54) is 7.11 Å². The van der Waals surface area contributed by atoms with Crippen molar-refractivity contribution in [2.24, 2.45) is 0 Å². The highest BCUT2D eigenvalue weighted by Crippen LogP contribution is 2.29. The fraction of sp³-hybridized carbons (Fsp3) is 0.250. The molecule has 0 bridgehead atoms. The average molecular weight is 360 g/mol. The van der Waals surface area contributed by atoms with Gasteiger partial charge in [0.15, 0.2) is 5.78 Å². The molecule has 1 heterocycles. The first kappa shape index (κ1) is 18.1. The summed E-state index contributed by atoms with van der Waals surface area (Å²) in [5, 5.41) is -0.603. The van der Waals surface area contributed by atoms with Crippen LogP contribution in [-0.2, 0) is 12.7 Å². The van der Waals surface area contributed by atoms with Crippen molar-refractivity contribution >= 4 is 17.4 Å². The van der Waals surface area contributed by atoms with Crippen molar-refractivity contribution < 1.29 is 22.7 Å². The standard InChI is InChI=1S/C16H13ClF3NO3/c1-9-3-4-14(24-2)11(5-9)13(22)8-21-7-10(16(18,19)20)6-12(17)15(21)23/h3-7H,8H2,1-2H3. The third-order valence-corrected chi connectivity index (χ3v) is 3.61. The monoisotopic (exact) mass is 359 g/mol. The van der Waals surface area contributed by atoms with Gasteiger partial charge in [-0.25, -0.2) is 0 Å². The molecule has 0 radical (unpaired) electrons. The first-order valence-corrected chi connectivity index (χ1v) is 7.16. The number of carbonyl (C=O) groups is 1. The van der Waals surface area contributed by atoms with Gasteiger partial charge in [-0.05, 0) is 25.1 Å². The maximum absolute atomic E-state index is 12.8. The lowest BCUT2D eigenvalue weighted by molar-refractivity contribution is -0.138. The minimum absolute atomic E-state index is 0.179. The Morgan fingerprint density at radius 2 is 1.96 bits per heavy atom. The summed E-state index contributed by atoms with van der Waals surface area (Å²) in [6, 6.07) is 5.38. The smallest absolute Gasteiger partial charge is 0.417 e. The van der Waals surface area contributed by atoms with Gasteiger partial charge in [-0.3, -0.25) is 9.59 Å². The van der Waals surface area contributed by atoms with Crippen molar-refractivity contribution in [3.8, 4) is 5.75 Å². The average Bonchev–Trinajstić information content (AvgIpc) is 2.50. The minimum atomic E-state index is -4.68. The molecule has 1 aromatic heterocycles. The molecule has 0 amide bonds. The minimum Gasteiger partial charge on any atom is -0.496 e. The van der Waals surface area contributed by atoms with Gasteiger partial charge in [-0.1, -0.05) is 23.2 Å². The molecule has 0 aliphatic carbocycles. The predicted octanol–water partition coefficient (Wildman–Crippen LogP) is 3.72.